The average Bonchev–Trinajstić information content (AvgIpc) is 2.97. The molecule has 0 radical (unpaired) electrons. The van der Waals surface area contributed by atoms with Gasteiger partial charge in [-0.2, -0.15) is 4.31 Å². The number of nitrogens with zero attached hydrogens (tertiary/aromatic N) is 1. The van der Waals surface area contributed by atoms with Crippen LogP contribution in [0.3, 0.4) is 0 Å². The lowest BCUT2D eigenvalue weighted by molar-refractivity contribution is 0.104. The summed E-state index contributed by atoms with van der Waals surface area (Å²) in [6.45, 7) is 1.12. The maximum atomic E-state index is 12.8. The van der Waals surface area contributed by atoms with Gasteiger partial charge in [0.15, 0.2) is 5.78 Å². The number of hydrogen-bond acceptors (Lipinski definition) is 3. The topological polar surface area (TPSA) is 54.5 Å². The number of carbonyl (C=O) groups excluding carboxylic acids is 1. The van der Waals surface area contributed by atoms with Crippen molar-refractivity contribution in [3.8, 4) is 0 Å². The van der Waals surface area contributed by atoms with Gasteiger partial charge in [-0.15, -0.1) is 0 Å². The molecule has 0 saturated carbocycles. The fourth-order valence-corrected chi connectivity index (χ4v) is 4.81. The SMILES string of the molecule is O=C(C=Cc1ccccc1Cl)c1ccc(S(=O)(=O)N2CCCCCC2)cc1. The van der Waals surface area contributed by atoms with Crippen LogP contribution in [0.1, 0.15) is 41.6 Å². The molecule has 4 nitrogen and oxygen atoms in total. The number of carbonyl (C=O) groups is 1. The van der Waals surface area contributed by atoms with E-state index in [4.69, 9.17) is 11.6 Å². The van der Waals surface area contributed by atoms with E-state index in [9.17, 15) is 13.2 Å². The van der Waals surface area contributed by atoms with E-state index in [1.165, 1.54) is 18.2 Å². The van der Waals surface area contributed by atoms with Crippen molar-refractivity contribution in [2.45, 2.75) is 30.6 Å². The molecule has 6 heteroatoms. The van der Waals surface area contributed by atoms with Crippen LogP contribution in [0.4, 0.5) is 0 Å². The monoisotopic (exact) mass is 403 g/mol. The van der Waals surface area contributed by atoms with Crippen LogP contribution in [-0.4, -0.2) is 31.6 Å². The summed E-state index contributed by atoms with van der Waals surface area (Å²) in [5, 5.41) is 0.570. The zero-order chi connectivity index (χ0) is 19.3. The fourth-order valence-electron chi connectivity index (χ4n) is 3.09. The van der Waals surface area contributed by atoms with E-state index >= 15 is 0 Å². The summed E-state index contributed by atoms with van der Waals surface area (Å²) in [4.78, 5) is 12.6. The highest BCUT2D eigenvalue weighted by molar-refractivity contribution is 7.89. The van der Waals surface area contributed by atoms with Gasteiger partial charge in [0, 0.05) is 23.7 Å². The summed E-state index contributed by atoms with van der Waals surface area (Å²) in [6, 6.07) is 13.4. The highest BCUT2D eigenvalue weighted by Gasteiger charge is 2.25. The number of benzene rings is 2. The van der Waals surface area contributed by atoms with E-state index in [1.54, 1.807) is 28.6 Å². The second kappa shape index (κ2) is 8.83. The van der Waals surface area contributed by atoms with Gasteiger partial charge in [-0.25, -0.2) is 8.42 Å². The maximum Gasteiger partial charge on any atom is 0.243 e. The Bertz CT molecular complexity index is 928. The van der Waals surface area contributed by atoms with Crippen LogP contribution in [0, 0.1) is 0 Å². The van der Waals surface area contributed by atoms with E-state index < -0.39 is 10.0 Å². The molecule has 0 bridgehead atoms. The van der Waals surface area contributed by atoms with Crippen molar-refractivity contribution in [2.24, 2.45) is 0 Å². The number of sulfonamides is 1. The third-order valence-corrected chi connectivity index (χ3v) is 6.92. The first-order chi connectivity index (χ1) is 13.0. The van der Waals surface area contributed by atoms with Crippen molar-refractivity contribution in [3.63, 3.8) is 0 Å². The second-order valence-electron chi connectivity index (χ2n) is 6.56. The Morgan fingerprint density at radius 2 is 1.56 bits per heavy atom. The number of rotatable bonds is 5. The first-order valence-corrected chi connectivity index (χ1v) is 10.9. The molecular weight excluding hydrogens is 382 g/mol. The van der Waals surface area contributed by atoms with Gasteiger partial charge in [-0.05, 0) is 60.9 Å². The molecule has 1 aliphatic rings. The van der Waals surface area contributed by atoms with Crippen molar-refractivity contribution < 1.29 is 13.2 Å². The van der Waals surface area contributed by atoms with Gasteiger partial charge in [0.25, 0.3) is 0 Å². The molecule has 0 aromatic heterocycles. The van der Waals surface area contributed by atoms with Gasteiger partial charge in [0.05, 0.1) is 4.90 Å². The van der Waals surface area contributed by atoms with Gasteiger partial charge in [0.2, 0.25) is 10.0 Å². The standard InChI is InChI=1S/C21H22ClNO3S/c22-20-8-4-3-7-17(20)11-14-21(24)18-9-12-19(13-10-18)27(25,26)23-15-5-1-2-6-16-23/h3-4,7-14H,1-2,5-6,15-16H2. The smallest absolute Gasteiger partial charge is 0.243 e. The summed E-state index contributed by atoms with van der Waals surface area (Å²) < 4.78 is 27.1. The quantitative estimate of drug-likeness (QED) is 0.532. The zero-order valence-electron chi connectivity index (χ0n) is 15.0. The van der Waals surface area contributed by atoms with Gasteiger partial charge < -0.3 is 0 Å². The van der Waals surface area contributed by atoms with E-state index in [1.807, 2.05) is 18.2 Å². The fraction of sp³-hybridized carbons (Fsp3) is 0.286. The highest BCUT2D eigenvalue weighted by atomic mass is 35.5. The van der Waals surface area contributed by atoms with E-state index in [2.05, 4.69) is 0 Å². The molecule has 0 spiro atoms. The van der Waals surface area contributed by atoms with Crippen molar-refractivity contribution in [3.05, 3.63) is 70.8 Å². The lowest BCUT2D eigenvalue weighted by Gasteiger charge is -2.19. The van der Waals surface area contributed by atoms with Crippen LogP contribution >= 0.6 is 11.6 Å². The van der Waals surface area contributed by atoms with Gasteiger partial charge in [-0.1, -0.05) is 42.6 Å². The number of ketones is 1. The largest absolute Gasteiger partial charge is 0.289 e. The van der Waals surface area contributed by atoms with Crippen molar-refractivity contribution in [2.75, 3.05) is 13.1 Å². The van der Waals surface area contributed by atoms with Crippen molar-refractivity contribution in [1.29, 1.82) is 0 Å². The number of hydrogen-bond donors (Lipinski definition) is 0. The molecule has 0 atom stereocenters. The number of allylic oxidation sites excluding steroid dienone is 1. The second-order valence-corrected chi connectivity index (χ2v) is 8.91. The normalized spacial score (nSPS) is 16.3. The molecule has 1 aliphatic heterocycles. The van der Waals surface area contributed by atoms with E-state index in [-0.39, 0.29) is 10.7 Å². The first-order valence-electron chi connectivity index (χ1n) is 9.05. The van der Waals surface area contributed by atoms with Crippen LogP contribution in [0.25, 0.3) is 6.08 Å². The Kier molecular flexibility index (Phi) is 6.47. The van der Waals surface area contributed by atoms with Crippen LogP contribution < -0.4 is 0 Å². The molecule has 27 heavy (non-hydrogen) atoms. The summed E-state index contributed by atoms with van der Waals surface area (Å²) in [5.41, 5.74) is 1.20. The molecule has 0 unspecified atom stereocenters. The molecule has 0 aliphatic carbocycles. The number of halogens is 1. The summed E-state index contributed by atoms with van der Waals surface area (Å²) >= 11 is 6.08. The molecule has 1 fully saturated rings. The van der Waals surface area contributed by atoms with E-state index in [0.717, 1.165) is 31.2 Å². The minimum Gasteiger partial charge on any atom is -0.289 e. The van der Waals surface area contributed by atoms with Crippen LogP contribution in [0.5, 0.6) is 0 Å². The van der Waals surface area contributed by atoms with Crippen LogP contribution in [-0.2, 0) is 10.0 Å². The van der Waals surface area contributed by atoms with Crippen molar-refractivity contribution >= 4 is 33.5 Å². The molecule has 142 valence electrons. The Morgan fingerprint density at radius 1 is 0.926 bits per heavy atom. The third kappa shape index (κ3) is 4.86. The molecule has 3 rings (SSSR count). The molecule has 1 heterocycles. The lowest BCUT2D eigenvalue weighted by atomic mass is 10.1. The Labute approximate surface area is 165 Å². The van der Waals surface area contributed by atoms with Gasteiger partial charge in [0.1, 0.15) is 0 Å². The average molecular weight is 404 g/mol. The Morgan fingerprint density at radius 3 is 2.19 bits per heavy atom. The molecule has 0 N–H and O–H groups in total. The summed E-state index contributed by atoms with van der Waals surface area (Å²) in [5.74, 6) is -0.200. The van der Waals surface area contributed by atoms with Crippen LogP contribution in [0.15, 0.2) is 59.5 Å². The van der Waals surface area contributed by atoms with Crippen molar-refractivity contribution in [1.82, 2.24) is 4.31 Å². The predicted octanol–water partition coefficient (Wildman–Crippen LogP) is 4.80. The highest BCUT2D eigenvalue weighted by Crippen LogP contribution is 2.21. The predicted molar refractivity (Wildman–Crippen MR) is 108 cm³/mol. The molecule has 1 saturated heterocycles. The summed E-state index contributed by atoms with van der Waals surface area (Å²) in [6.07, 6.45) is 7.02. The minimum absolute atomic E-state index is 0.200. The minimum atomic E-state index is -3.50. The molecule has 2 aromatic rings. The zero-order valence-corrected chi connectivity index (χ0v) is 16.5. The van der Waals surface area contributed by atoms with Gasteiger partial charge >= 0.3 is 0 Å². The van der Waals surface area contributed by atoms with Gasteiger partial charge in [-0.3, -0.25) is 4.79 Å². The Hall–Kier alpha value is -1.95. The van der Waals surface area contributed by atoms with Crippen LogP contribution in [0.2, 0.25) is 5.02 Å². The Balaban J connectivity index is 1.74. The molecule has 2 aromatic carbocycles. The first kappa shape index (κ1) is 19.8. The maximum absolute atomic E-state index is 12.8. The molecule has 0 amide bonds. The third-order valence-electron chi connectivity index (χ3n) is 4.66. The van der Waals surface area contributed by atoms with E-state index in [0.29, 0.717) is 23.7 Å². The summed E-state index contributed by atoms with van der Waals surface area (Å²) in [7, 11) is -3.50. The molecular formula is C21H22ClNO3S. The lowest BCUT2D eigenvalue weighted by Crippen LogP contribution is -2.31.